The number of hydrogen-bond donors (Lipinski definition) is 2. The molecule has 55 heavy (non-hydrogen) atoms. The standard InChI is InChI=1S/2C18H26N2O3S.C3H4O4/c2*1-23-15-5-6-16-13(10-15)7-9-19-12-14-4-3-8-20(24(2,21)22)17(14)11-18(16)19;4-2(5)1-3(6)7/h2*5-6,10,14,17-18H,3-4,7-9,11-12H2,1-2H3;1H2,(H,4,5)(H,6,7)/t2*14-,17+,18+;/m11./s1. The number of nitrogens with one attached hydrogen (secondary N) is 2. The normalized spacial score (nSPS) is 30.0. The summed E-state index contributed by atoms with van der Waals surface area (Å²) in [5.41, 5.74) is 5.48. The molecule has 4 fully saturated rings. The second-order valence-electron chi connectivity index (χ2n) is 16.0. The van der Waals surface area contributed by atoms with Crippen molar-refractivity contribution in [2.75, 3.05) is 66.0 Å². The third kappa shape index (κ3) is 9.48. The lowest BCUT2D eigenvalue weighted by molar-refractivity contribution is -0.812. The highest BCUT2D eigenvalue weighted by atomic mass is 32.2. The fraction of sp³-hybridized carbons (Fsp3) is 0.641. The SMILES string of the molecule is COc1ccc2c(c1)CCN1C[C@H]3CCC[NH+](S(C)(=O)=O)[C@H]3C[C@@H]21.COc1ccc2c(c1)CCN1C[C@H]3CCC[NH+](S(C)(=O)=O)[C@H]3C[C@@H]21.O=C([O-])CC(=O)[O-]. The molecule has 0 aromatic heterocycles. The van der Waals surface area contributed by atoms with Crippen LogP contribution in [-0.4, -0.2) is 117 Å². The number of benzene rings is 2. The Morgan fingerprint density at radius 3 is 1.44 bits per heavy atom. The molecule has 0 bridgehead atoms. The summed E-state index contributed by atoms with van der Waals surface area (Å²) in [5, 5.41) is 18.6. The van der Waals surface area contributed by atoms with Crippen LogP contribution in [0.2, 0.25) is 0 Å². The molecule has 0 amide bonds. The molecule has 6 aliphatic rings. The number of rotatable bonds is 6. The van der Waals surface area contributed by atoms with Gasteiger partial charge in [-0.1, -0.05) is 12.1 Å². The van der Waals surface area contributed by atoms with E-state index in [1.54, 1.807) is 14.2 Å². The lowest BCUT2D eigenvalue weighted by Crippen LogP contribution is -3.19. The van der Waals surface area contributed by atoms with Crippen molar-refractivity contribution in [3.63, 3.8) is 0 Å². The van der Waals surface area contributed by atoms with Gasteiger partial charge in [0.25, 0.3) is 20.0 Å². The second kappa shape index (κ2) is 17.1. The van der Waals surface area contributed by atoms with E-state index in [4.69, 9.17) is 9.47 Å². The Hall–Kier alpha value is -3.28. The van der Waals surface area contributed by atoms with Crippen LogP contribution in [0.15, 0.2) is 36.4 Å². The molecule has 2 unspecified atom stereocenters. The molecule has 0 saturated carbocycles. The minimum atomic E-state index is -3.04. The molecule has 2 aromatic rings. The molecule has 8 rings (SSSR count). The summed E-state index contributed by atoms with van der Waals surface area (Å²) in [7, 11) is -2.68. The zero-order chi connectivity index (χ0) is 39.7. The lowest BCUT2D eigenvalue weighted by atomic mass is 9.77. The number of piperidine rings is 4. The number of carbonyl (C=O) groups is 2. The number of carbonyl (C=O) groups excluding carboxylic acids is 2. The third-order valence-corrected chi connectivity index (χ3v) is 15.7. The third-order valence-electron chi connectivity index (χ3n) is 12.7. The monoisotopic (exact) mass is 804 g/mol. The van der Waals surface area contributed by atoms with Gasteiger partial charge in [-0.2, -0.15) is 16.8 Å². The van der Waals surface area contributed by atoms with Crippen LogP contribution in [0.5, 0.6) is 11.5 Å². The first-order valence-corrected chi connectivity index (χ1v) is 23.2. The van der Waals surface area contributed by atoms with Crippen molar-refractivity contribution >= 4 is 32.0 Å². The summed E-state index contributed by atoms with van der Waals surface area (Å²) in [6.07, 6.45) is 10.2. The number of ether oxygens (including phenoxy) is 2. The number of carboxylic acid groups (broad SMARTS) is 2. The number of methoxy groups -OCH3 is 2. The molecule has 6 aliphatic heterocycles. The number of nitrogens with zero attached hydrogens (tertiary/aromatic N) is 2. The predicted molar refractivity (Wildman–Crippen MR) is 200 cm³/mol. The zero-order valence-corrected chi connectivity index (χ0v) is 34.0. The van der Waals surface area contributed by atoms with E-state index in [0.717, 1.165) is 97.9 Å². The molecule has 0 aliphatic carbocycles. The maximum absolute atomic E-state index is 12.3. The first kappa shape index (κ1) is 41.4. The van der Waals surface area contributed by atoms with Crippen molar-refractivity contribution < 1.29 is 54.7 Å². The fourth-order valence-corrected chi connectivity index (χ4v) is 13.0. The number of carboxylic acids is 2. The van der Waals surface area contributed by atoms with Gasteiger partial charge in [0.1, 0.15) is 23.6 Å². The van der Waals surface area contributed by atoms with Crippen molar-refractivity contribution in [1.82, 2.24) is 9.80 Å². The topological polar surface area (TPSA) is 182 Å². The van der Waals surface area contributed by atoms with Crippen LogP contribution >= 0.6 is 0 Å². The Morgan fingerprint density at radius 2 is 1.11 bits per heavy atom. The predicted octanol–water partition coefficient (Wildman–Crippen LogP) is -1.88. The number of quaternary nitrogens is 2. The molecule has 4 saturated heterocycles. The van der Waals surface area contributed by atoms with E-state index in [9.17, 15) is 36.6 Å². The number of sulfonamides is 2. The van der Waals surface area contributed by atoms with Crippen LogP contribution in [0.1, 0.15) is 79.3 Å². The Kier molecular flexibility index (Phi) is 12.8. The van der Waals surface area contributed by atoms with E-state index >= 15 is 0 Å². The minimum absolute atomic E-state index is 0.239. The number of aliphatic carboxylic acids is 2. The molecule has 304 valence electrons. The maximum Gasteiger partial charge on any atom is 0.292 e. The van der Waals surface area contributed by atoms with E-state index in [-0.39, 0.29) is 12.1 Å². The number of fused-ring (bicyclic) bond motifs is 8. The Bertz CT molecular complexity index is 1810. The highest BCUT2D eigenvalue weighted by Crippen LogP contribution is 2.42. The smallest absolute Gasteiger partial charge is 0.292 e. The first-order valence-electron chi connectivity index (χ1n) is 19.4. The average Bonchev–Trinajstić information content (AvgIpc) is 3.14. The Balaban J connectivity index is 0.000000160. The van der Waals surface area contributed by atoms with Crippen molar-refractivity contribution in [1.29, 1.82) is 0 Å². The van der Waals surface area contributed by atoms with Gasteiger partial charge in [0.05, 0.1) is 39.8 Å². The molecule has 8 atom stereocenters. The van der Waals surface area contributed by atoms with Crippen LogP contribution in [0.25, 0.3) is 0 Å². The maximum atomic E-state index is 12.3. The minimum Gasteiger partial charge on any atom is -0.550 e. The van der Waals surface area contributed by atoms with E-state index in [1.165, 1.54) is 47.6 Å². The summed E-state index contributed by atoms with van der Waals surface area (Å²) in [6.45, 7) is 5.76. The molecular formula is C39H56N4O10S2. The molecule has 0 radical (unpaired) electrons. The highest BCUT2D eigenvalue weighted by Gasteiger charge is 2.49. The van der Waals surface area contributed by atoms with Gasteiger partial charge < -0.3 is 29.3 Å². The molecule has 2 aromatic carbocycles. The quantitative estimate of drug-likeness (QED) is 0.311. The summed E-state index contributed by atoms with van der Waals surface area (Å²) < 4.78 is 61.4. The Labute approximate surface area is 325 Å². The van der Waals surface area contributed by atoms with Crippen molar-refractivity contribution in [3.8, 4) is 11.5 Å². The number of hydrogen-bond acceptors (Lipinski definition) is 12. The van der Waals surface area contributed by atoms with Crippen molar-refractivity contribution in [2.45, 2.75) is 82.0 Å². The zero-order valence-electron chi connectivity index (χ0n) is 32.3. The molecule has 0 spiro atoms. The van der Waals surface area contributed by atoms with Crippen molar-refractivity contribution in [2.24, 2.45) is 11.8 Å². The highest BCUT2D eigenvalue weighted by molar-refractivity contribution is 7.84. The molecule has 6 heterocycles. The van der Waals surface area contributed by atoms with Crippen LogP contribution < -0.4 is 28.3 Å². The van der Waals surface area contributed by atoms with Gasteiger partial charge in [-0.15, -0.1) is 0 Å². The first-order chi connectivity index (χ1) is 26.1. The van der Waals surface area contributed by atoms with Gasteiger partial charge in [0.2, 0.25) is 0 Å². The van der Waals surface area contributed by atoms with E-state index < -0.39 is 38.4 Å². The molecular weight excluding hydrogens is 749 g/mol. The van der Waals surface area contributed by atoms with Crippen LogP contribution in [0, 0.1) is 11.8 Å². The van der Waals surface area contributed by atoms with Gasteiger partial charge in [-0.3, -0.25) is 9.80 Å². The summed E-state index contributed by atoms with van der Waals surface area (Å²) in [4.78, 5) is 23.7. The average molecular weight is 805 g/mol. The van der Waals surface area contributed by atoms with Crippen molar-refractivity contribution in [3.05, 3.63) is 58.7 Å². The summed E-state index contributed by atoms with van der Waals surface area (Å²) in [6, 6.07) is 14.0. The van der Waals surface area contributed by atoms with Gasteiger partial charge >= 0.3 is 0 Å². The van der Waals surface area contributed by atoms with Crippen LogP contribution in [0.4, 0.5) is 0 Å². The van der Waals surface area contributed by atoms with Gasteiger partial charge in [0.15, 0.2) is 0 Å². The Morgan fingerprint density at radius 1 is 0.709 bits per heavy atom. The van der Waals surface area contributed by atoms with E-state index in [0.29, 0.717) is 23.9 Å². The summed E-state index contributed by atoms with van der Waals surface area (Å²) in [5.74, 6) is -0.395. The summed E-state index contributed by atoms with van der Waals surface area (Å²) >= 11 is 0. The molecule has 2 N–H and O–H groups in total. The molecule has 14 nitrogen and oxygen atoms in total. The molecule has 16 heteroatoms. The second-order valence-corrected chi connectivity index (χ2v) is 20.2. The van der Waals surface area contributed by atoms with Gasteiger partial charge in [0, 0.05) is 81.3 Å². The van der Waals surface area contributed by atoms with Crippen LogP contribution in [0.3, 0.4) is 0 Å². The van der Waals surface area contributed by atoms with E-state index in [1.807, 2.05) is 12.1 Å². The van der Waals surface area contributed by atoms with E-state index in [2.05, 4.69) is 34.1 Å². The fourth-order valence-electron chi connectivity index (χ4n) is 10.3. The largest absolute Gasteiger partial charge is 0.550 e. The van der Waals surface area contributed by atoms with Gasteiger partial charge in [-0.25, -0.2) is 8.61 Å². The lowest BCUT2D eigenvalue weighted by Gasteiger charge is -2.49. The van der Waals surface area contributed by atoms with Gasteiger partial charge in [-0.05, 0) is 85.0 Å². The van der Waals surface area contributed by atoms with Crippen LogP contribution in [-0.2, 0) is 42.5 Å².